The van der Waals surface area contributed by atoms with Crippen molar-refractivity contribution in [3.63, 3.8) is 0 Å². The second-order valence-corrected chi connectivity index (χ2v) is 10.6. The molecule has 1 aliphatic carbocycles. The summed E-state index contributed by atoms with van der Waals surface area (Å²) in [5.74, 6) is 0.591. The Bertz CT molecular complexity index is 979. The molecule has 0 unspecified atom stereocenters. The number of rotatable bonds is 10. The van der Waals surface area contributed by atoms with Crippen molar-refractivity contribution in [2.24, 2.45) is 5.92 Å². The van der Waals surface area contributed by atoms with E-state index < -0.39 is 23.7 Å². The highest BCUT2D eigenvalue weighted by atomic mass is 16.6. The van der Waals surface area contributed by atoms with Crippen molar-refractivity contribution in [3.05, 3.63) is 35.9 Å². The Balaban J connectivity index is 1.65. The molecule has 1 aromatic rings. The number of benzene rings is 1. The molecule has 0 bridgehead atoms. The van der Waals surface area contributed by atoms with Gasteiger partial charge in [-0.25, -0.2) is 9.59 Å². The lowest BCUT2D eigenvalue weighted by Gasteiger charge is -2.24. The number of methoxy groups -OCH3 is 2. The molecule has 9 nitrogen and oxygen atoms in total. The molecule has 1 aliphatic heterocycles. The van der Waals surface area contributed by atoms with Crippen LogP contribution in [-0.4, -0.2) is 61.4 Å². The average molecular weight is 517 g/mol. The summed E-state index contributed by atoms with van der Waals surface area (Å²) in [5.41, 5.74) is 0.215. The van der Waals surface area contributed by atoms with Crippen molar-refractivity contribution < 1.29 is 33.3 Å². The summed E-state index contributed by atoms with van der Waals surface area (Å²) in [6.07, 6.45) is 7.18. The summed E-state index contributed by atoms with van der Waals surface area (Å²) in [7, 11) is 3.18. The van der Waals surface area contributed by atoms with Crippen LogP contribution in [0.5, 0.6) is 11.5 Å². The number of hydrogen-bond donors (Lipinski definition) is 1. The maximum Gasteiger partial charge on any atom is 0.408 e. The van der Waals surface area contributed by atoms with E-state index in [4.69, 9.17) is 18.9 Å². The van der Waals surface area contributed by atoms with Crippen LogP contribution in [0.2, 0.25) is 0 Å². The van der Waals surface area contributed by atoms with Crippen LogP contribution >= 0.6 is 0 Å². The molecular formula is C28H40N2O7. The first-order valence-electron chi connectivity index (χ1n) is 13.0. The maximum absolute atomic E-state index is 13.3. The largest absolute Gasteiger partial charge is 0.497 e. The third kappa shape index (κ3) is 8.68. The first kappa shape index (κ1) is 28.3. The number of amides is 2. The monoisotopic (exact) mass is 516 g/mol. The Hall–Kier alpha value is -3.23. The van der Waals surface area contributed by atoms with Gasteiger partial charge in [0.15, 0.2) is 0 Å². The molecule has 2 atom stereocenters. The number of carbonyl (C=O) groups is 3. The molecule has 1 saturated heterocycles. The second-order valence-electron chi connectivity index (χ2n) is 10.6. The van der Waals surface area contributed by atoms with Crippen LogP contribution in [0.4, 0.5) is 4.79 Å². The molecule has 2 amide bonds. The predicted molar refractivity (Wildman–Crippen MR) is 138 cm³/mol. The van der Waals surface area contributed by atoms with Gasteiger partial charge in [0, 0.05) is 36.7 Å². The van der Waals surface area contributed by atoms with Crippen LogP contribution in [0.1, 0.15) is 64.9 Å². The quantitative estimate of drug-likeness (QED) is 0.364. The van der Waals surface area contributed by atoms with Crippen molar-refractivity contribution in [3.8, 4) is 11.5 Å². The van der Waals surface area contributed by atoms with E-state index in [1.54, 1.807) is 52.0 Å². The van der Waals surface area contributed by atoms with Gasteiger partial charge >= 0.3 is 12.1 Å². The number of nitrogens with zero attached hydrogens (tertiary/aromatic N) is 1. The third-order valence-electron chi connectivity index (χ3n) is 6.55. The van der Waals surface area contributed by atoms with Crippen molar-refractivity contribution in [1.29, 1.82) is 0 Å². The van der Waals surface area contributed by atoms with Gasteiger partial charge in [-0.3, -0.25) is 4.79 Å². The number of alkyl carbamates (subject to hydrolysis) is 1. The van der Waals surface area contributed by atoms with Crippen LogP contribution < -0.4 is 14.8 Å². The number of carbonyl (C=O) groups excluding carboxylic acids is 3. The molecule has 204 valence electrons. The third-order valence-corrected chi connectivity index (χ3v) is 6.55. The highest BCUT2D eigenvalue weighted by molar-refractivity contribution is 5.83. The van der Waals surface area contributed by atoms with Crippen molar-refractivity contribution in [2.45, 2.75) is 83.6 Å². The Labute approximate surface area is 219 Å². The van der Waals surface area contributed by atoms with E-state index in [9.17, 15) is 14.4 Å². The zero-order valence-corrected chi connectivity index (χ0v) is 22.6. The summed E-state index contributed by atoms with van der Waals surface area (Å²) in [5, 5.41) is 2.81. The van der Waals surface area contributed by atoms with E-state index >= 15 is 0 Å². The van der Waals surface area contributed by atoms with Crippen LogP contribution in [0.15, 0.2) is 30.4 Å². The molecule has 2 aliphatic rings. The molecule has 37 heavy (non-hydrogen) atoms. The first-order chi connectivity index (χ1) is 17.6. The van der Waals surface area contributed by atoms with E-state index in [2.05, 4.69) is 5.32 Å². The fourth-order valence-corrected chi connectivity index (χ4v) is 4.72. The highest BCUT2D eigenvalue weighted by Gasteiger charge is 2.34. The summed E-state index contributed by atoms with van der Waals surface area (Å²) in [6, 6.07) is 4.97. The maximum atomic E-state index is 13.3. The molecule has 9 heteroatoms. The molecule has 0 aromatic heterocycles. The highest BCUT2D eigenvalue weighted by Crippen LogP contribution is 2.30. The van der Waals surface area contributed by atoms with Crippen molar-refractivity contribution in [1.82, 2.24) is 10.2 Å². The lowest BCUT2D eigenvalue weighted by molar-refractivity contribution is -0.142. The van der Waals surface area contributed by atoms with Crippen molar-refractivity contribution in [2.75, 3.05) is 20.8 Å². The van der Waals surface area contributed by atoms with E-state index in [1.165, 1.54) is 6.08 Å². The van der Waals surface area contributed by atoms with Crippen LogP contribution in [0.3, 0.4) is 0 Å². The van der Waals surface area contributed by atoms with E-state index in [-0.39, 0.29) is 17.9 Å². The summed E-state index contributed by atoms with van der Waals surface area (Å²) in [6.45, 7) is 6.34. The molecule has 1 heterocycles. The van der Waals surface area contributed by atoms with Gasteiger partial charge in [-0.1, -0.05) is 6.08 Å². The molecule has 3 rings (SSSR count). The summed E-state index contributed by atoms with van der Waals surface area (Å²) in [4.78, 5) is 39.8. The minimum Gasteiger partial charge on any atom is -0.497 e. The SMILES string of the molecule is COc1ccc(CN2CC[C@@H](C[C@@H](C=CC(=O)OC3CCCC3)NC(=O)OC(C)(C)C)C2=O)c(OC)c1. The normalized spacial score (nSPS) is 19.2. The van der Waals surface area contributed by atoms with Crippen molar-refractivity contribution >= 4 is 18.0 Å². The summed E-state index contributed by atoms with van der Waals surface area (Å²) < 4.78 is 21.6. The molecule has 0 spiro atoms. The van der Waals surface area contributed by atoms with Crippen LogP contribution in [0.25, 0.3) is 0 Å². The Morgan fingerprint density at radius 1 is 1.14 bits per heavy atom. The van der Waals surface area contributed by atoms with Gasteiger partial charge in [0.05, 0.1) is 20.3 Å². The zero-order valence-electron chi connectivity index (χ0n) is 22.6. The lowest BCUT2D eigenvalue weighted by Crippen LogP contribution is -2.40. The van der Waals surface area contributed by atoms with Crippen LogP contribution in [-0.2, 0) is 25.6 Å². The minimum atomic E-state index is -0.669. The molecule has 1 N–H and O–H groups in total. The van der Waals surface area contributed by atoms with Gasteiger partial charge in [-0.2, -0.15) is 0 Å². The Morgan fingerprint density at radius 2 is 1.86 bits per heavy atom. The number of likely N-dealkylation sites (tertiary alicyclic amines) is 1. The standard InChI is InChI=1S/C28H40N2O7/c1-28(2,3)37-27(33)29-21(11-13-25(31)36-22-8-6-7-9-22)16-19-14-15-30(26(19)32)18-20-10-12-23(34-4)17-24(20)35-5/h10-13,17,19,21-22H,6-9,14-16,18H2,1-5H3,(H,29,33)/t19-,21+/m0/s1. The zero-order chi connectivity index (χ0) is 27.0. The number of esters is 1. The predicted octanol–water partition coefficient (Wildman–Crippen LogP) is 4.38. The van der Waals surface area contributed by atoms with Gasteiger partial charge in [0.1, 0.15) is 23.2 Å². The summed E-state index contributed by atoms with van der Waals surface area (Å²) >= 11 is 0. The smallest absolute Gasteiger partial charge is 0.408 e. The number of hydrogen-bond acceptors (Lipinski definition) is 7. The van der Waals surface area contributed by atoms with Gasteiger partial charge in [-0.15, -0.1) is 0 Å². The number of ether oxygens (including phenoxy) is 4. The van der Waals surface area contributed by atoms with Gasteiger partial charge < -0.3 is 29.2 Å². The van der Waals surface area contributed by atoms with E-state index in [1.807, 2.05) is 12.1 Å². The minimum absolute atomic E-state index is 0.00390. The Kier molecular flexibility index (Phi) is 9.83. The fourth-order valence-electron chi connectivity index (χ4n) is 4.72. The molecule has 2 fully saturated rings. The molecular weight excluding hydrogens is 476 g/mol. The Morgan fingerprint density at radius 3 is 2.51 bits per heavy atom. The molecule has 1 saturated carbocycles. The van der Waals surface area contributed by atoms with Crippen LogP contribution in [0, 0.1) is 5.92 Å². The second kappa shape index (κ2) is 12.8. The van der Waals surface area contributed by atoms with Gasteiger partial charge in [-0.05, 0) is 71.4 Å². The molecule has 1 aromatic carbocycles. The number of nitrogens with one attached hydrogen (secondary N) is 1. The topological polar surface area (TPSA) is 103 Å². The average Bonchev–Trinajstić information content (AvgIpc) is 3.47. The van der Waals surface area contributed by atoms with Gasteiger partial charge in [0.2, 0.25) is 5.91 Å². The molecule has 0 radical (unpaired) electrons. The first-order valence-corrected chi connectivity index (χ1v) is 13.0. The lowest BCUT2D eigenvalue weighted by atomic mass is 9.98. The van der Waals surface area contributed by atoms with E-state index in [0.29, 0.717) is 37.4 Å². The van der Waals surface area contributed by atoms with E-state index in [0.717, 1.165) is 31.2 Å². The van der Waals surface area contributed by atoms with Gasteiger partial charge in [0.25, 0.3) is 0 Å². The fraction of sp³-hybridized carbons (Fsp3) is 0.607.